The Kier molecular flexibility index (Phi) is 11.3. The minimum atomic E-state index is -2.94. The molecule has 0 aromatic rings. The summed E-state index contributed by atoms with van der Waals surface area (Å²) >= 11 is 4.59. The second-order valence-electron chi connectivity index (χ2n) is 1.74. The van der Waals surface area contributed by atoms with E-state index in [1.54, 1.807) is 0 Å². The molecule has 0 saturated heterocycles. The van der Waals surface area contributed by atoms with Gasteiger partial charge in [0.05, 0.1) is 13.2 Å². The topological polar surface area (TPSA) is 44.3 Å². The average molecular weight is 270 g/mol. The fourth-order valence-corrected chi connectivity index (χ4v) is 1.68. The summed E-state index contributed by atoms with van der Waals surface area (Å²) in [6.07, 6.45) is 0.819. The molecule has 0 aliphatic carbocycles. The Labute approximate surface area is 98.4 Å². The predicted octanol–water partition coefficient (Wildman–Crippen LogP) is 0.419. The van der Waals surface area contributed by atoms with E-state index in [2.05, 4.69) is 23.8 Å². The maximum absolute atomic E-state index is 11.0. The molecule has 0 saturated carbocycles. The summed E-state index contributed by atoms with van der Waals surface area (Å²) < 4.78 is 4.84. The molecule has 65 valence electrons. The standard InChI is InChI=1S/C5H13NO2PS.Y/c1-3-5-8-9(7,10)6-4-2;/h2-5H2,1H3,(H2,6,7,10);/q-1;/p-1. The molecule has 6 heteroatoms. The van der Waals surface area contributed by atoms with Crippen LogP contribution in [0.2, 0.25) is 0 Å². The quantitative estimate of drug-likeness (QED) is 0.581. The van der Waals surface area contributed by atoms with Crippen molar-refractivity contribution in [2.75, 3.05) is 13.2 Å². The minimum absolute atomic E-state index is 0. The van der Waals surface area contributed by atoms with Gasteiger partial charge in [0.25, 0.3) is 0 Å². The van der Waals surface area contributed by atoms with Crippen LogP contribution in [0.3, 0.4) is 0 Å². The second kappa shape index (κ2) is 8.24. The Balaban J connectivity index is 0. The summed E-state index contributed by atoms with van der Waals surface area (Å²) in [6.45, 7) is 3.22. The Bertz CT molecular complexity index is 136. The third-order valence-corrected chi connectivity index (χ3v) is 2.61. The molecule has 3 nitrogen and oxygen atoms in total. The van der Waals surface area contributed by atoms with E-state index in [9.17, 15) is 4.89 Å². The van der Waals surface area contributed by atoms with Gasteiger partial charge in [0.15, 0.2) is 0 Å². The zero-order chi connectivity index (χ0) is 8.04. The first-order chi connectivity index (χ1) is 4.62. The molecule has 0 bridgehead atoms. The molecule has 11 heavy (non-hydrogen) atoms. The van der Waals surface area contributed by atoms with Crippen LogP contribution in [0.15, 0.2) is 0 Å². The molecule has 0 spiro atoms. The van der Waals surface area contributed by atoms with Gasteiger partial charge < -0.3 is 21.4 Å². The van der Waals surface area contributed by atoms with Gasteiger partial charge in [-0.3, -0.25) is 0 Å². The van der Waals surface area contributed by atoms with Crippen molar-refractivity contribution in [1.82, 2.24) is 5.09 Å². The van der Waals surface area contributed by atoms with E-state index in [1.165, 1.54) is 0 Å². The predicted molar refractivity (Wildman–Crippen MR) is 43.9 cm³/mol. The second-order valence-corrected chi connectivity index (χ2v) is 4.75. The molecule has 0 heterocycles. The summed E-state index contributed by atoms with van der Waals surface area (Å²) in [5.41, 5.74) is 0. The first kappa shape index (κ1) is 15.1. The smallest absolute Gasteiger partial charge is 0.0532 e. The van der Waals surface area contributed by atoms with E-state index >= 15 is 0 Å². The Morgan fingerprint density at radius 3 is 2.64 bits per heavy atom. The van der Waals surface area contributed by atoms with Gasteiger partial charge in [-0.1, -0.05) is 18.7 Å². The molecular formula is C5H12NO2PSY-2. The van der Waals surface area contributed by atoms with Crippen LogP contribution in [0.1, 0.15) is 13.3 Å². The molecule has 0 aliphatic heterocycles. The van der Waals surface area contributed by atoms with Crippen LogP contribution >= 0.6 is 6.64 Å². The maximum Gasteiger partial charge on any atom is 0.0532 e. The SMILES string of the molecule is [CH2-]CNP([O-])(=S)OCCC.[Y]. The van der Waals surface area contributed by atoms with Crippen LogP contribution in [-0.4, -0.2) is 13.2 Å². The molecule has 0 aliphatic rings. The van der Waals surface area contributed by atoms with E-state index in [0.29, 0.717) is 13.2 Å². The molecule has 1 unspecified atom stereocenters. The monoisotopic (exact) mass is 270 g/mol. The van der Waals surface area contributed by atoms with Gasteiger partial charge in [0.2, 0.25) is 0 Å². The van der Waals surface area contributed by atoms with Crippen molar-refractivity contribution in [2.45, 2.75) is 13.3 Å². The number of hydrogen-bond acceptors (Lipinski definition) is 3. The van der Waals surface area contributed by atoms with Crippen LogP contribution in [0, 0.1) is 6.92 Å². The van der Waals surface area contributed by atoms with Crippen molar-refractivity contribution in [1.29, 1.82) is 0 Å². The van der Waals surface area contributed by atoms with Crippen LogP contribution in [0.25, 0.3) is 0 Å². The molecule has 0 rings (SSSR count). The fourth-order valence-electron chi connectivity index (χ4n) is 0.394. The van der Waals surface area contributed by atoms with Gasteiger partial charge in [0.1, 0.15) is 0 Å². The van der Waals surface area contributed by atoms with Crippen molar-refractivity contribution >= 4 is 18.4 Å². The Morgan fingerprint density at radius 2 is 2.27 bits per heavy atom. The van der Waals surface area contributed by atoms with E-state index in [4.69, 9.17) is 4.52 Å². The summed E-state index contributed by atoms with van der Waals surface area (Å²) in [7, 11) is 0. The Hall–Kier alpha value is 1.63. The van der Waals surface area contributed by atoms with Crippen molar-refractivity contribution in [2.24, 2.45) is 0 Å². The van der Waals surface area contributed by atoms with Crippen molar-refractivity contribution < 1.29 is 42.1 Å². The van der Waals surface area contributed by atoms with Gasteiger partial charge >= 0.3 is 0 Å². The number of hydrogen-bond donors (Lipinski definition) is 1. The first-order valence-electron chi connectivity index (χ1n) is 3.12. The van der Waals surface area contributed by atoms with E-state index in [1.807, 2.05) is 6.92 Å². The van der Waals surface area contributed by atoms with Gasteiger partial charge in [0, 0.05) is 32.7 Å². The van der Waals surface area contributed by atoms with E-state index in [-0.39, 0.29) is 32.7 Å². The first-order valence-corrected chi connectivity index (χ1v) is 5.76. The summed E-state index contributed by atoms with van der Waals surface area (Å²) in [4.78, 5) is 11.0. The van der Waals surface area contributed by atoms with Gasteiger partial charge in [-0.15, -0.1) is 6.54 Å². The minimum Gasteiger partial charge on any atom is -0.789 e. The van der Waals surface area contributed by atoms with Crippen LogP contribution < -0.4 is 9.98 Å². The van der Waals surface area contributed by atoms with Gasteiger partial charge in [-0.25, -0.2) is 0 Å². The summed E-state index contributed by atoms with van der Waals surface area (Å²) in [5, 5.41) is 2.49. The van der Waals surface area contributed by atoms with Gasteiger partial charge in [-0.2, -0.15) is 0 Å². The molecule has 0 aromatic heterocycles. The number of rotatable bonds is 5. The van der Waals surface area contributed by atoms with Crippen molar-refractivity contribution in [3.63, 3.8) is 0 Å². The van der Waals surface area contributed by atoms with Crippen LogP contribution in [-0.2, 0) is 49.0 Å². The average Bonchev–Trinajstić information content (AvgIpc) is 1.84. The molecule has 0 fully saturated rings. The van der Waals surface area contributed by atoms with Crippen molar-refractivity contribution in [3.05, 3.63) is 6.92 Å². The zero-order valence-corrected chi connectivity index (χ0v) is 11.1. The molecular weight excluding hydrogens is 258 g/mol. The normalized spacial score (nSPS) is 15.2. The molecule has 1 N–H and O–H groups in total. The molecule has 1 atom stereocenters. The van der Waals surface area contributed by atoms with Crippen LogP contribution in [0.4, 0.5) is 0 Å². The number of nitrogens with one attached hydrogen (secondary N) is 1. The fraction of sp³-hybridized carbons (Fsp3) is 0.800. The van der Waals surface area contributed by atoms with E-state index < -0.39 is 6.64 Å². The zero-order valence-electron chi connectivity index (χ0n) is 6.58. The third-order valence-electron chi connectivity index (χ3n) is 0.771. The Morgan fingerprint density at radius 1 is 1.73 bits per heavy atom. The molecule has 0 aromatic carbocycles. The molecule has 1 radical (unpaired) electrons. The summed E-state index contributed by atoms with van der Waals surface area (Å²) in [5.74, 6) is 0. The summed E-state index contributed by atoms with van der Waals surface area (Å²) in [6, 6.07) is 0. The largest absolute Gasteiger partial charge is 0.789 e. The third kappa shape index (κ3) is 9.55. The van der Waals surface area contributed by atoms with Crippen LogP contribution in [0.5, 0.6) is 0 Å². The van der Waals surface area contributed by atoms with Gasteiger partial charge in [-0.05, 0) is 6.42 Å². The van der Waals surface area contributed by atoms with E-state index in [0.717, 1.165) is 6.42 Å². The maximum atomic E-state index is 11.0. The van der Waals surface area contributed by atoms with Crippen molar-refractivity contribution in [3.8, 4) is 0 Å². The molecule has 0 amide bonds.